The number of H-pyrrole nitrogens is 1. The highest BCUT2D eigenvalue weighted by atomic mass is 79.9. The number of nitrogens with one attached hydrogen (secondary N) is 1. The lowest BCUT2D eigenvalue weighted by Gasteiger charge is -2.03. The molecule has 0 aliphatic carbocycles. The van der Waals surface area contributed by atoms with Gasteiger partial charge in [-0.2, -0.15) is 0 Å². The molecule has 0 spiro atoms. The number of aliphatic imine (C=N–C) groups is 1. The fourth-order valence-corrected chi connectivity index (χ4v) is 3.30. The molecule has 0 fully saturated rings. The number of hydrogen-bond donors (Lipinski definition) is 2. The van der Waals surface area contributed by atoms with Gasteiger partial charge in [-0.25, -0.2) is 4.99 Å². The van der Waals surface area contributed by atoms with Crippen LogP contribution < -0.4 is 0 Å². The van der Waals surface area contributed by atoms with E-state index in [2.05, 4.69) is 31.1 Å². The Morgan fingerprint density at radius 1 is 1.17 bits per heavy atom. The first-order valence-corrected chi connectivity index (χ1v) is 7.79. The number of aromatic hydroxyl groups is 1. The number of rotatable bonds is 2. The molecule has 0 bridgehead atoms. The molecule has 0 saturated carbocycles. The highest BCUT2D eigenvalue weighted by Crippen LogP contribution is 2.37. The highest BCUT2D eigenvalue weighted by Gasteiger charge is 2.29. The Bertz CT molecular complexity index is 989. The molecule has 2 N–H and O–H groups in total. The highest BCUT2D eigenvalue weighted by molar-refractivity contribution is 9.10. The second-order valence-corrected chi connectivity index (χ2v) is 5.97. The van der Waals surface area contributed by atoms with Crippen LogP contribution in [0.2, 0.25) is 0 Å². The topological polar surface area (TPSA) is 70.0 Å². The van der Waals surface area contributed by atoms with Crippen LogP contribution in [0.1, 0.15) is 11.1 Å². The molecule has 23 heavy (non-hydrogen) atoms. The standard InChI is InChI=1S/C17H12BrN3O2/c1-23-21-15-9-5-2-3-8-12(9)19-16(15)13-10-6-4-7-11(18)14(10)20-17(13)22/h2-8,20,22H,1H3/b21-15-. The third-order valence-electron chi connectivity index (χ3n) is 3.80. The maximum Gasteiger partial charge on any atom is 0.199 e. The molecular weight excluding hydrogens is 358 g/mol. The van der Waals surface area contributed by atoms with E-state index in [0.29, 0.717) is 17.0 Å². The van der Waals surface area contributed by atoms with Crippen LogP contribution in [-0.4, -0.2) is 28.6 Å². The van der Waals surface area contributed by atoms with Gasteiger partial charge in [-0.1, -0.05) is 35.5 Å². The van der Waals surface area contributed by atoms with E-state index in [4.69, 9.17) is 4.84 Å². The summed E-state index contributed by atoms with van der Waals surface area (Å²) in [6, 6.07) is 13.5. The summed E-state index contributed by atoms with van der Waals surface area (Å²) in [6.07, 6.45) is 0. The number of nitrogens with zero attached hydrogens (tertiary/aromatic N) is 2. The van der Waals surface area contributed by atoms with Crippen molar-refractivity contribution in [1.29, 1.82) is 0 Å². The minimum Gasteiger partial charge on any atom is -0.494 e. The molecule has 4 rings (SSSR count). The molecular formula is C17H12BrN3O2. The molecule has 5 nitrogen and oxygen atoms in total. The Kier molecular flexibility index (Phi) is 3.20. The van der Waals surface area contributed by atoms with Crippen LogP contribution in [-0.2, 0) is 4.84 Å². The van der Waals surface area contributed by atoms with Crippen molar-refractivity contribution in [3.63, 3.8) is 0 Å². The van der Waals surface area contributed by atoms with Crippen LogP contribution in [0.5, 0.6) is 5.88 Å². The maximum atomic E-state index is 10.4. The molecule has 114 valence electrons. The minimum absolute atomic E-state index is 0.0576. The lowest BCUT2D eigenvalue weighted by atomic mass is 10.0. The van der Waals surface area contributed by atoms with Gasteiger partial charge in [0.05, 0.1) is 16.8 Å². The summed E-state index contributed by atoms with van der Waals surface area (Å²) in [5.41, 5.74) is 4.33. The number of hydrogen-bond acceptors (Lipinski definition) is 4. The predicted octanol–water partition coefficient (Wildman–Crippen LogP) is 4.12. The molecule has 0 unspecified atom stereocenters. The fraction of sp³-hybridized carbons (Fsp3) is 0.0588. The molecule has 1 aliphatic rings. The first-order chi connectivity index (χ1) is 11.2. The van der Waals surface area contributed by atoms with Gasteiger partial charge in [0.1, 0.15) is 18.5 Å². The van der Waals surface area contributed by atoms with Gasteiger partial charge in [-0.05, 0) is 28.1 Å². The van der Waals surface area contributed by atoms with E-state index in [-0.39, 0.29) is 5.88 Å². The molecule has 6 heteroatoms. The van der Waals surface area contributed by atoms with Gasteiger partial charge in [0.2, 0.25) is 0 Å². The number of oxime groups is 1. The van der Waals surface area contributed by atoms with Crippen molar-refractivity contribution in [3.05, 3.63) is 58.1 Å². The van der Waals surface area contributed by atoms with E-state index in [0.717, 1.165) is 26.6 Å². The van der Waals surface area contributed by atoms with E-state index < -0.39 is 0 Å². The Hall–Kier alpha value is -2.60. The van der Waals surface area contributed by atoms with Crippen molar-refractivity contribution >= 4 is 43.9 Å². The molecule has 0 atom stereocenters. The molecule has 1 aliphatic heterocycles. The summed E-state index contributed by atoms with van der Waals surface area (Å²) in [6.45, 7) is 0. The smallest absolute Gasteiger partial charge is 0.199 e. The average Bonchev–Trinajstić information content (AvgIpc) is 3.06. The zero-order valence-electron chi connectivity index (χ0n) is 12.2. The summed E-state index contributed by atoms with van der Waals surface area (Å²) in [5.74, 6) is 0.0576. The van der Waals surface area contributed by atoms with E-state index in [1.54, 1.807) is 0 Å². The average molecular weight is 370 g/mol. The summed E-state index contributed by atoms with van der Waals surface area (Å²) >= 11 is 3.49. The Balaban J connectivity index is 2.00. The van der Waals surface area contributed by atoms with E-state index in [1.807, 2.05) is 42.5 Å². The Morgan fingerprint density at radius 3 is 2.83 bits per heavy atom. The molecule has 2 aromatic carbocycles. The third kappa shape index (κ3) is 2.06. The monoisotopic (exact) mass is 369 g/mol. The number of halogens is 1. The van der Waals surface area contributed by atoms with Gasteiger partial charge in [0.15, 0.2) is 5.88 Å². The van der Waals surface area contributed by atoms with E-state index in [9.17, 15) is 5.11 Å². The summed E-state index contributed by atoms with van der Waals surface area (Å²) < 4.78 is 0.873. The maximum absolute atomic E-state index is 10.4. The second kappa shape index (κ2) is 5.24. The first-order valence-electron chi connectivity index (χ1n) is 7.00. The lowest BCUT2D eigenvalue weighted by molar-refractivity contribution is 0.214. The van der Waals surface area contributed by atoms with Crippen molar-refractivity contribution < 1.29 is 9.94 Å². The van der Waals surface area contributed by atoms with Gasteiger partial charge in [0, 0.05) is 15.4 Å². The molecule has 0 amide bonds. The van der Waals surface area contributed by atoms with Crippen LogP contribution in [0, 0.1) is 0 Å². The second-order valence-electron chi connectivity index (χ2n) is 5.11. The van der Waals surface area contributed by atoms with E-state index >= 15 is 0 Å². The first kappa shape index (κ1) is 14.0. The Labute approximate surface area is 140 Å². The van der Waals surface area contributed by atoms with Crippen molar-refractivity contribution in [2.24, 2.45) is 10.1 Å². The zero-order chi connectivity index (χ0) is 16.0. The predicted molar refractivity (Wildman–Crippen MR) is 93.8 cm³/mol. The van der Waals surface area contributed by atoms with Gasteiger partial charge in [-0.3, -0.25) is 0 Å². The van der Waals surface area contributed by atoms with Crippen LogP contribution in [0.25, 0.3) is 10.9 Å². The summed E-state index contributed by atoms with van der Waals surface area (Å²) in [7, 11) is 1.50. The molecule has 0 saturated heterocycles. The number of aromatic amines is 1. The number of benzene rings is 2. The van der Waals surface area contributed by atoms with Gasteiger partial charge in [0.25, 0.3) is 0 Å². The lowest BCUT2D eigenvalue weighted by Crippen LogP contribution is -2.13. The Morgan fingerprint density at radius 2 is 2.00 bits per heavy atom. The van der Waals surface area contributed by atoms with Gasteiger partial charge in [-0.15, -0.1) is 0 Å². The largest absolute Gasteiger partial charge is 0.494 e. The molecule has 1 aromatic heterocycles. The molecule has 2 heterocycles. The van der Waals surface area contributed by atoms with Crippen LogP contribution >= 0.6 is 15.9 Å². The number of fused-ring (bicyclic) bond motifs is 2. The quantitative estimate of drug-likeness (QED) is 0.667. The number of aromatic nitrogens is 1. The number of para-hydroxylation sites is 2. The van der Waals surface area contributed by atoms with Crippen molar-refractivity contribution in [3.8, 4) is 5.88 Å². The molecule has 3 aromatic rings. The summed E-state index contributed by atoms with van der Waals surface area (Å²) in [5, 5.41) is 15.4. The van der Waals surface area contributed by atoms with Gasteiger partial charge >= 0.3 is 0 Å². The van der Waals surface area contributed by atoms with Crippen molar-refractivity contribution in [1.82, 2.24) is 4.98 Å². The SMILES string of the molecule is CO/N=C1\C(c2c(O)[nH]c3c(Br)cccc23)=Nc2ccccc21. The zero-order valence-corrected chi connectivity index (χ0v) is 13.8. The van der Waals surface area contributed by atoms with E-state index in [1.165, 1.54) is 7.11 Å². The van der Waals surface area contributed by atoms with Crippen LogP contribution in [0.4, 0.5) is 5.69 Å². The minimum atomic E-state index is 0.0576. The van der Waals surface area contributed by atoms with Crippen molar-refractivity contribution in [2.75, 3.05) is 7.11 Å². The van der Waals surface area contributed by atoms with Crippen LogP contribution in [0.3, 0.4) is 0 Å². The summed E-state index contributed by atoms with van der Waals surface area (Å²) in [4.78, 5) is 12.6. The van der Waals surface area contributed by atoms with Crippen molar-refractivity contribution in [2.45, 2.75) is 0 Å². The fourth-order valence-electron chi connectivity index (χ4n) is 2.84. The third-order valence-corrected chi connectivity index (χ3v) is 4.46. The van der Waals surface area contributed by atoms with Gasteiger partial charge < -0.3 is 14.9 Å². The van der Waals surface area contributed by atoms with Crippen LogP contribution in [0.15, 0.2) is 57.1 Å². The molecule has 0 radical (unpaired) electrons. The normalized spacial score (nSPS) is 15.0.